The molecule has 0 radical (unpaired) electrons. The highest BCUT2D eigenvalue weighted by Crippen LogP contribution is 2.11. The SMILES string of the molecule is CCNC(=O)C(C)=C(C)C=C(CC)B(O)O. The molecule has 0 saturated carbocycles. The lowest BCUT2D eigenvalue weighted by atomic mass is 9.76. The van der Waals surface area contributed by atoms with Crippen molar-refractivity contribution >= 4 is 13.0 Å². The molecule has 90 valence electrons. The van der Waals surface area contributed by atoms with Gasteiger partial charge in [0.1, 0.15) is 0 Å². The molecule has 0 rings (SSSR count). The molecule has 16 heavy (non-hydrogen) atoms. The molecule has 0 aliphatic carbocycles. The van der Waals surface area contributed by atoms with E-state index in [1.54, 1.807) is 19.9 Å². The fourth-order valence-electron chi connectivity index (χ4n) is 1.22. The Morgan fingerprint density at radius 3 is 2.25 bits per heavy atom. The van der Waals surface area contributed by atoms with Crippen LogP contribution in [-0.2, 0) is 4.79 Å². The maximum atomic E-state index is 11.5. The number of amides is 1. The first-order valence-corrected chi connectivity index (χ1v) is 5.46. The summed E-state index contributed by atoms with van der Waals surface area (Å²) in [6.07, 6.45) is 2.19. The molecule has 1 amide bonds. The van der Waals surface area contributed by atoms with Crippen molar-refractivity contribution in [2.24, 2.45) is 0 Å². The fraction of sp³-hybridized carbons (Fsp3) is 0.545. The van der Waals surface area contributed by atoms with Crippen molar-refractivity contribution in [2.75, 3.05) is 6.54 Å². The van der Waals surface area contributed by atoms with Crippen molar-refractivity contribution in [3.63, 3.8) is 0 Å². The molecule has 0 aromatic rings. The van der Waals surface area contributed by atoms with Gasteiger partial charge in [0, 0.05) is 12.1 Å². The van der Waals surface area contributed by atoms with Crippen molar-refractivity contribution in [3.8, 4) is 0 Å². The normalized spacial score (nSPS) is 13.2. The van der Waals surface area contributed by atoms with Gasteiger partial charge in [0.15, 0.2) is 0 Å². The third-order valence-electron chi connectivity index (χ3n) is 2.41. The van der Waals surface area contributed by atoms with Crippen LogP contribution in [0.25, 0.3) is 0 Å². The topological polar surface area (TPSA) is 69.6 Å². The Bertz CT molecular complexity index is 308. The largest absolute Gasteiger partial charge is 0.484 e. The minimum atomic E-state index is -1.46. The molecule has 0 aromatic heterocycles. The fourth-order valence-corrected chi connectivity index (χ4v) is 1.22. The van der Waals surface area contributed by atoms with Crippen LogP contribution in [0.15, 0.2) is 22.7 Å². The monoisotopic (exact) mass is 225 g/mol. The van der Waals surface area contributed by atoms with Crippen LogP contribution in [0.1, 0.15) is 34.1 Å². The minimum Gasteiger partial charge on any atom is -0.423 e. The molecule has 5 heteroatoms. The number of hydrogen-bond donors (Lipinski definition) is 3. The van der Waals surface area contributed by atoms with Crippen LogP contribution < -0.4 is 5.32 Å². The molecular weight excluding hydrogens is 205 g/mol. The lowest BCUT2D eigenvalue weighted by Crippen LogP contribution is -2.24. The van der Waals surface area contributed by atoms with Crippen LogP contribution in [0.2, 0.25) is 0 Å². The van der Waals surface area contributed by atoms with E-state index in [0.29, 0.717) is 24.0 Å². The van der Waals surface area contributed by atoms with E-state index >= 15 is 0 Å². The molecule has 0 heterocycles. The zero-order chi connectivity index (χ0) is 12.7. The minimum absolute atomic E-state index is 0.126. The molecule has 0 fully saturated rings. The summed E-state index contributed by atoms with van der Waals surface area (Å²) in [5, 5.41) is 20.8. The molecule has 0 unspecified atom stereocenters. The van der Waals surface area contributed by atoms with Crippen LogP contribution >= 0.6 is 0 Å². The number of rotatable bonds is 5. The summed E-state index contributed by atoms with van der Waals surface area (Å²) in [5.74, 6) is -0.126. The molecule has 0 aliphatic rings. The summed E-state index contributed by atoms with van der Waals surface area (Å²) in [7, 11) is -1.46. The average molecular weight is 225 g/mol. The Hall–Kier alpha value is -1.07. The van der Waals surface area contributed by atoms with Crippen molar-refractivity contribution in [3.05, 3.63) is 22.7 Å². The van der Waals surface area contributed by atoms with Crippen molar-refractivity contribution < 1.29 is 14.8 Å². The van der Waals surface area contributed by atoms with Crippen molar-refractivity contribution in [2.45, 2.75) is 34.1 Å². The van der Waals surface area contributed by atoms with E-state index in [4.69, 9.17) is 10.0 Å². The highest BCUT2D eigenvalue weighted by Gasteiger charge is 2.13. The smallest absolute Gasteiger partial charge is 0.423 e. The van der Waals surface area contributed by atoms with E-state index in [2.05, 4.69) is 5.32 Å². The predicted octanol–water partition coefficient (Wildman–Crippen LogP) is 0.807. The maximum absolute atomic E-state index is 11.5. The van der Waals surface area contributed by atoms with E-state index < -0.39 is 7.12 Å². The molecule has 0 aromatic carbocycles. The van der Waals surface area contributed by atoms with Gasteiger partial charge in [-0.1, -0.05) is 13.0 Å². The summed E-state index contributed by atoms with van der Waals surface area (Å²) >= 11 is 0. The number of carbonyl (C=O) groups is 1. The molecule has 0 spiro atoms. The molecule has 0 saturated heterocycles. The number of allylic oxidation sites excluding steroid dienone is 3. The average Bonchev–Trinajstić information content (AvgIpc) is 2.24. The second-order valence-electron chi connectivity index (χ2n) is 3.61. The number of likely N-dealkylation sites (N-methyl/N-ethyl adjacent to an activating group) is 1. The third kappa shape index (κ3) is 4.64. The molecule has 3 N–H and O–H groups in total. The van der Waals surface area contributed by atoms with Gasteiger partial charge >= 0.3 is 7.12 Å². The number of nitrogens with one attached hydrogen (secondary N) is 1. The van der Waals surface area contributed by atoms with Gasteiger partial charge in [-0.15, -0.1) is 0 Å². The Kier molecular flexibility index (Phi) is 6.77. The van der Waals surface area contributed by atoms with Gasteiger partial charge in [-0.25, -0.2) is 0 Å². The van der Waals surface area contributed by atoms with Crippen LogP contribution in [0.5, 0.6) is 0 Å². The second kappa shape index (κ2) is 7.25. The lowest BCUT2D eigenvalue weighted by molar-refractivity contribution is -0.117. The number of carbonyl (C=O) groups excluding carboxylic acids is 1. The highest BCUT2D eigenvalue weighted by molar-refractivity contribution is 6.50. The Morgan fingerprint density at radius 2 is 1.88 bits per heavy atom. The summed E-state index contributed by atoms with van der Waals surface area (Å²) in [6, 6.07) is 0. The van der Waals surface area contributed by atoms with Crippen LogP contribution in [-0.4, -0.2) is 29.6 Å². The van der Waals surface area contributed by atoms with Crippen molar-refractivity contribution in [1.82, 2.24) is 5.32 Å². The van der Waals surface area contributed by atoms with Gasteiger partial charge in [0.05, 0.1) is 0 Å². The van der Waals surface area contributed by atoms with Gasteiger partial charge in [0.25, 0.3) is 0 Å². The maximum Gasteiger partial charge on any atom is 0.484 e. The van der Waals surface area contributed by atoms with Crippen molar-refractivity contribution in [1.29, 1.82) is 0 Å². The van der Waals surface area contributed by atoms with Gasteiger partial charge in [0.2, 0.25) is 5.91 Å². The second-order valence-corrected chi connectivity index (χ2v) is 3.61. The first-order chi connectivity index (χ1) is 7.43. The first-order valence-electron chi connectivity index (χ1n) is 5.46. The summed E-state index contributed by atoms with van der Waals surface area (Å²) in [6.45, 7) is 7.76. The quantitative estimate of drug-likeness (QED) is 0.368. The van der Waals surface area contributed by atoms with Gasteiger partial charge < -0.3 is 15.4 Å². The molecule has 4 nitrogen and oxygen atoms in total. The van der Waals surface area contributed by atoms with E-state index in [1.165, 1.54) is 0 Å². The van der Waals surface area contributed by atoms with Crippen LogP contribution in [0, 0.1) is 0 Å². The summed E-state index contributed by atoms with van der Waals surface area (Å²) in [4.78, 5) is 11.5. The lowest BCUT2D eigenvalue weighted by Gasteiger charge is -2.07. The van der Waals surface area contributed by atoms with E-state index in [0.717, 1.165) is 5.57 Å². The number of hydrogen-bond acceptors (Lipinski definition) is 3. The van der Waals surface area contributed by atoms with E-state index in [1.807, 2.05) is 13.8 Å². The summed E-state index contributed by atoms with van der Waals surface area (Å²) in [5.41, 5.74) is 1.84. The Labute approximate surface area is 97.2 Å². The van der Waals surface area contributed by atoms with Gasteiger partial charge in [-0.05, 0) is 38.2 Å². The molecule has 0 aliphatic heterocycles. The van der Waals surface area contributed by atoms with E-state index in [9.17, 15) is 4.79 Å². The molecular formula is C11H20BNO3. The third-order valence-corrected chi connectivity index (χ3v) is 2.41. The first kappa shape index (κ1) is 14.9. The summed E-state index contributed by atoms with van der Waals surface area (Å²) < 4.78 is 0. The molecule has 0 atom stereocenters. The van der Waals surface area contributed by atoms with Crippen LogP contribution in [0.3, 0.4) is 0 Å². The standard InChI is InChI=1S/C11H20BNO3/c1-5-10(12(15)16)7-8(3)9(4)11(14)13-6-2/h7,15-16H,5-6H2,1-4H3,(H,13,14). The van der Waals surface area contributed by atoms with E-state index in [-0.39, 0.29) is 5.91 Å². The zero-order valence-electron chi connectivity index (χ0n) is 10.4. The highest BCUT2D eigenvalue weighted by atomic mass is 16.4. The predicted molar refractivity (Wildman–Crippen MR) is 65.6 cm³/mol. The Balaban J connectivity index is 4.94. The zero-order valence-corrected chi connectivity index (χ0v) is 10.4. The molecule has 0 bridgehead atoms. The van der Waals surface area contributed by atoms with Crippen LogP contribution in [0.4, 0.5) is 0 Å². The van der Waals surface area contributed by atoms with Gasteiger partial charge in [-0.3, -0.25) is 4.79 Å². The van der Waals surface area contributed by atoms with Gasteiger partial charge in [-0.2, -0.15) is 0 Å². The Morgan fingerprint density at radius 1 is 1.31 bits per heavy atom.